The maximum Gasteiger partial charge on any atom is 0.198 e. The van der Waals surface area contributed by atoms with Gasteiger partial charge in [-0.2, -0.15) is 16.1 Å². The van der Waals surface area contributed by atoms with Gasteiger partial charge in [0.25, 0.3) is 0 Å². The lowest BCUT2D eigenvalue weighted by Gasteiger charge is -2.24. The second kappa shape index (κ2) is 5.79. The van der Waals surface area contributed by atoms with Crippen LogP contribution in [-0.4, -0.2) is 34.1 Å². The van der Waals surface area contributed by atoms with Crippen molar-refractivity contribution in [1.82, 2.24) is 4.37 Å². The molecule has 0 aromatic carbocycles. The van der Waals surface area contributed by atoms with Crippen molar-refractivity contribution in [3.63, 3.8) is 0 Å². The molecule has 0 unspecified atom stereocenters. The summed E-state index contributed by atoms with van der Waals surface area (Å²) in [5.41, 5.74) is 5.93. The minimum atomic E-state index is 0.121. The van der Waals surface area contributed by atoms with E-state index in [0.29, 0.717) is 10.6 Å². The predicted molar refractivity (Wildman–Crippen MR) is 85.7 cm³/mol. The van der Waals surface area contributed by atoms with Gasteiger partial charge >= 0.3 is 0 Å². The Bertz CT molecular complexity index is 432. The van der Waals surface area contributed by atoms with Crippen LogP contribution in [0.15, 0.2) is 0 Å². The van der Waals surface area contributed by atoms with E-state index >= 15 is 0 Å². The third-order valence-electron chi connectivity index (χ3n) is 3.14. The SMILES string of the molecule is CC(C)Oc1c(N)nsc1N1CCSC(C)(C)CC1. The average molecular weight is 301 g/mol. The molecule has 4 nitrogen and oxygen atoms in total. The topological polar surface area (TPSA) is 51.4 Å². The van der Waals surface area contributed by atoms with Crippen LogP contribution in [-0.2, 0) is 0 Å². The lowest BCUT2D eigenvalue weighted by molar-refractivity contribution is 0.245. The Morgan fingerprint density at radius 3 is 2.79 bits per heavy atom. The van der Waals surface area contributed by atoms with Crippen molar-refractivity contribution in [2.75, 3.05) is 29.5 Å². The Balaban J connectivity index is 2.17. The molecule has 0 radical (unpaired) electrons. The summed E-state index contributed by atoms with van der Waals surface area (Å²) in [6, 6.07) is 0. The molecular weight excluding hydrogens is 278 g/mol. The maximum absolute atomic E-state index is 5.93. The molecule has 2 heterocycles. The quantitative estimate of drug-likeness (QED) is 0.929. The minimum absolute atomic E-state index is 0.121. The van der Waals surface area contributed by atoms with Gasteiger partial charge in [-0.25, -0.2) is 0 Å². The molecule has 1 fully saturated rings. The van der Waals surface area contributed by atoms with E-state index < -0.39 is 0 Å². The molecule has 0 atom stereocenters. The number of hydrogen-bond acceptors (Lipinski definition) is 6. The van der Waals surface area contributed by atoms with Crippen LogP contribution in [0.4, 0.5) is 10.8 Å². The van der Waals surface area contributed by atoms with Crippen LogP contribution in [0.5, 0.6) is 5.75 Å². The van der Waals surface area contributed by atoms with Crippen molar-refractivity contribution < 1.29 is 4.74 Å². The van der Waals surface area contributed by atoms with Crippen molar-refractivity contribution in [2.45, 2.75) is 45.0 Å². The standard InChI is InChI=1S/C13H23N3OS2/c1-9(2)17-10-11(14)15-19-12(10)16-6-5-13(3,4)18-8-7-16/h9H,5-8H2,1-4H3,(H2,14,15). The first kappa shape index (κ1) is 14.8. The van der Waals surface area contributed by atoms with E-state index in [1.54, 1.807) is 0 Å². The van der Waals surface area contributed by atoms with Crippen LogP contribution >= 0.6 is 23.3 Å². The summed E-state index contributed by atoms with van der Waals surface area (Å²) >= 11 is 3.49. The van der Waals surface area contributed by atoms with E-state index in [0.717, 1.165) is 36.0 Å². The second-order valence-corrected chi connectivity index (χ2v) is 8.27. The monoisotopic (exact) mass is 301 g/mol. The number of thioether (sulfide) groups is 1. The number of nitrogens with zero attached hydrogens (tertiary/aromatic N) is 2. The zero-order valence-electron chi connectivity index (χ0n) is 12.1. The highest BCUT2D eigenvalue weighted by Crippen LogP contribution is 2.41. The molecule has 0 bridgehead atoms. The number of rotatable bonds is 3. The van der Waals surface area contributed by atoms with E-state index in [-0.39, 0.29) is 6.10 Å². The molecule has 2 N–H and O–H groups in total. The van der Waals surface area contributed by atoms with Crippen LogP contribution in [0.3, 0.4) is 0 Å². The number of ether oxygens (including phenoxy) is 1. The van der Waals surface area contributed by atoms with Gasteiger partial charge in [-0.1, -0.05) is 13.8 Å². The first-order valence-electron chi connectivity index (χ1n) is 6.70. The summed E-state index contributed by atoms with van der Waals surface area (Å²) in [6.45, 7) is 10.7. The molecule has 0 amide bonds. The second-order valence-electron chi connectivity index (χ2n) is 5.71. The molecule has 1 saturated heterocycles. The predicted octanol–water partition coefficient (Wildman–Crippen LogP) is 3.23. The average Bonchev–Trinajstić information content (AvgIpc) is 2.55. The maximum atomic E-state index is 5.93. The van der Waals surface area contributed by atoms with E-state index in [2.05, 4.69) is 23.1 Å². The van der Waals surface area contributed by atoms with Crippen LogP contribution in [0.25, 0.3) is 0 Å². The molecule has 0 spiro atoms. The molecule has 19 heavy (non-hydrogen) atoms. The molecule has 1 aromatic heterocycles. The third-order valence-corrected chi connectivity index (χ3v) is 5.41. The largest absolute Gasteiger partial charge is 0.484 e. The molecule has 0 aliphatic carbocycles. The third kappa shape index (κ3) is 3.69. The van der Waals surface area contributed by atoms with Crippen LogP contribution in [0.1, 0.15) is 34.1 Å². The number of anilines is 2. The van der Waals surface area contributed by atoms with Crippen LogP contribution in [0, 0.1) is 0 Å². The highest BCUT2D eigenvalue weighted by Gasteiger charge is 2.27. The van der Waals surface area contributed by atoms with Gasteiger partial charge in [-0.05, 0) is 31.8 Å². The van der Waals surface area contributed by atoms with Gasteiger partial charge in [-0.3, -0.25) is 0 Å². The fourth-order valence-electron chi connectivity index (χ4n) is 2.06. The zero-order chi connectivity index (χ0) is 14.0. The summed E-state index contributed by atoms with van der Waals surface area (Å²) in [4.78, 5) is 2.37. The molecule has 0 saturated carbocycles. The van der Waals surface area contributed by atoms with Crippen molar-refractivity contribution in [3.8, 4) is 5.75 Å². The van der Waals surface area contributed by atoms with Gasteiger partial charge in [-0.15, -0.1) is 0 Å². The highest BCUT2D eigenvalue weighted by atomic mass is 32.2. The van der Waals surface area contributed by atoms with Crippen molar-refractivity contribution in [1.29, 1.82) is 0 Å². The van der Waals surface area contributed by atoms with Crippen molar-refractivity contribution >= 4 is 34.1 Å². The van der Waals surface area contributed by atoms with E-state index in [1.165, 1.54) is 11.5 Å². The van der Waals surface area contributed by atoms with Gasteiger partial charge in [0.15, 0.2) is 16.6 Å². The highest BCUT2D eigenvalue weighted by molar-refractivity contribution is 8.00. The van der Waals surface area contributed by atoms with Crippen molar-refractivity contribution in [2.24, 2.45) is 0 Å². The van der Waals surface area contributed by atoms with Gasteiger partial charge < -0.3 is 15.4 Å². The van der Waals surface area contributed by atoms with E-state index in [1.807, 2.05) is 25.6 Å². The summed E-state index contributed by atoms with van der Waals surface area (Å²) in [6.07, 6.45) is 1.28. The summed E-state index contributed by atoms with van der Waals surface area (Å²) in [5.74, 6) is 2.42. The smallest absolute Gasteiger partial charge is 0.198 e. The first-order valence-corrected chi connectivity index (χ1v) is 8.45. The summed E-state index contributed by atoms with van der Waals surface area (Å²) in [7, 11) is 0. The minimum Gasteiger partial charge on any atom is -0.484 e. The molecule has 2 rings (SSSR count). The van der Waals surface area contributed by atoms with E-state index in [4.69, 9.17) is 10.5 Å². The Morgan fingerprint density at radius 2 is 2.11 bits per heavy atom. The molecule has 1 aliphatic heterocycles. The zero-order valence-corrected chi connectivity index (χ0v) is 13.7. The lowest BCUT2D eigenvalue weighted by Crippen LogP contribution is -2.26. The Labute approximate surface area is 123 Å². The number of aromatic nitrogens is 1. The van der Waals surface area contributed by atoms with Gasteiger partial charge in [0.05, 0.1) is 6.10 Å². The van der Waals surface area contributed by atoms with Crippen molar-refractivity contribution in [3.05, 3.63) is 0 Å². The van der Waals surface area contributed by atoms with E-state index in [9.17, 15) is 0 Å². The van der Waals surface area contributed by atoms with Gasteiger partial charge in [0.2, 0.25) is 0 Å². The first-order chi connectivity index (χ1) is 8.89. The molecule has 1 aromatic rings. The summed E-state index contributed by atoms with van der Waals surface area (Å²) in [5, 5.41) is 1.09. The molecular formula is C13H23N3OS2. The Kier molecular flexibility index (Phi) is 4.50. The van der Waals surface area contributed by atoms with Gasteiger partial charge in [0.1, 0.15) is 0 Å². The normalized spacial score (nSPS) is 19.5. The number of hydrogen-bond donors (Lipinski definition) is 1. The fourth-order valence-corrected chi connectivity index (χ4v) is 3.96. The number of nitrogen functional groups attached to an aromatic ring is 1. The fraction of sp³-hybridized carbons (Fsp3) is 0.769. The summed E-state index contributed by atoms with van der Waals surface area (Å²) < 4.78 is 10.4. The Hall–Kier alpha value is -0.620. The molecule has 108 valence electrons. The van der Waals surface area contributed by atoms with Crippen LogP contribution in [0.2, 0.25) is 0 Å². The van der Waals surface area contributed by atoms with Gasteiger partial charge in [0, 0.05) is 23.6 Å². The molecule has 6 heteroatoms. The molecule has 1 aliphatic rings. The Morgan fingerprint density at radius 1 is 1.37 bits per heavy atom. The lowest BCUT2D eigenvalue weighted by atomic mass is 10.1. The number of nitrogens with two attached hydrogens (primary N) is 1. The van der Waals surface area contributed by atoms with Crippen LogP contribution < -0.4 is 15.4 Å².